The van der Waals surface area contributed by atoms with Crippen LogP contribution in [-0.2, 0) is 6.42 Å². The van der Waals surface area contributed by atoms with E-state index in [0.717, 1.165) is 36.2 Å². The van der Waals surface area contributed by atoms with E-state index in [1.807, 2.05) is 6.20 Å². The molecule has 1 saturated heterocycles. The van der Waals surface area contributed by atoms with E-state index in [-0.39, 0.29) is 11.7 Å². The fraction of sp³-hybridized carbons (Fsp3) is 0.350. The van der Waals surface area contributed by atoms with Crippen LogP contribution in [0.5, 0.6) is 0 Å². The molecule has 8 heteroatoms. The van der Waals surface area contributed by atoms with E-state index in [2.05, 4.69) is 32.1 Å². The van der Waals surface area contributed by atoms with Crippen molar-refractivity contribution in [3.8, 4) is 0 Å². The molecule has 28 heavy (non-hydrogen) atoms. The van der Waals surface area contributed by atoms with Crippen LogP contribution in [0.1, 0.15) is 29.3 Å². The first kappa shape index (κ1) is 18.4. The van der Waals surface area contributed by atoms with Crippen LogP contribution in [-0.4, -0.2) is 46.0 Å². The number of aryl methyl sites for hydroxylation is 1. The summed E-state index contributed by atoms with van der Waals surface area (Å²) in [6, 6.07) is 5.47. The van der Waals surface area contributed by atoms with Gasteiger partial charge in [0.1, 0.15) is 23.6 Å². The molecule has 4 rings (SSSR count). The molecule has 1 aliphatic rings. The first-order valence-electron chi connectivity index (χ1n) is 9.38. The second kappa shape index (κ2) is 7.20. The topological polar surface area (TPSA) is 99.9 Å². The van der Waals surface area contributed by atoms with E-state index in [9.17, 15) is 9.18 Å². The van der Waals surface area contributed by atoms with Crippen LogP contribution in [0.15, 0.2) is 36.8 Å². The molecule has 1 aliphatic heterocycles. The van der Waals surface area contributed by atoms with Gasteiger partial charge in [0.15, 0.2) is 0 Å². The minimum Gasteiger partial charge on any atom is -0.354 e. The van der Waals surface area contributed by atoms with E-state index in [4.69, 9.17) is 5.73 Å². The number of anilines is 1. The maximum Gasteiger partial charge on any atom is 0.251 e. The highest BCUT2D eigenvalue weighted by molar-refractivity contribution is 5.94. The molecule has 0 bridgehead atoms. The summed E-state index contributed by atoms with van der Waals surface area (Å²) in [6.45, 7) is 3.77. The number of aromatic amines is 1. The second-order valence-corrected chi connectivity index (χ2v) is 7.31. The highest BCUT2D eigenvalue weighted by Crippen LogP contribution is 2.31. The third-order valence-corrected chi connectivity index (χ3v) is 5.30. The number of halogens is 1. The number of nitrogens with zero attached hydrogens (tertiary/aromatic N) is 3. The van der Waals surface area contributed by atoms with Gasteiger partial charge in [0, 0.05) is 31.4 Å². The molecule has 0 unspecified atom stereocenters. The molecule has 1 aromatic carbocycles. The van der Waals surface area contributed by atoms with Crippen molar-refractivity contribution in [3.05, 3.63) is 53.7 Å². The zero-order valence-electron chi connectivity index (χ0n) is 15.7. The van der Waals surface area contributed by atoms with Gasteiger partial charge in [0.25, 0.3) is 5.91 Å². The van der Waals surface area contributed by atoms with Gasteiger partial charge in [-0.25, -0.2) is 14.4 Å². The van der Waals surface area contributed by atoms with Crippen molar-refractivity contribution in [2.75, 3.05) is 24.5 Å². The molecule has 1 fully saturated rings. The van der Waals surface area contributed by atoms with Crippen molar-refractivity contribution in [2.45, 2.75) is 25.3 Å². The number of nitrogens with two attached hydrogens (primary N) is 1. The predicted molar refractivity (Wildman–Crippen MR) is 106 cm³/mol. The largest absolute Gasteiger partial charge is 0.354 e. The van der Waals surface area contributed by atoms with Gasteiger partial charge in [-0.05, 0) is 42.7 Å². The fourth-order valence-corrected chi connectivity index (χ4v) is 3.71. The quantitative estimate of drug-likeness (QED) is 0.627. The first-order chi connectivity index (χ1) is 13.5. The summed E-state index contributed by atoms with van der Waals surface area (Å²) in [5.74, 6) is 0.248. The highest BCUT2D eigenvalue weighted by Gasteiger charge is 2.36. The number of hydrogen-bond acceptors (Lipinski definition) is 5. The van der Waals surface area contributed by atoms with Gasteiger partial charge in [-0.15, -0.1) is 0 Å². The Morgan fingerprint density at radius 2 is 2.14 bits per heavy atom. The summed E-state index contributed by atoms with van der Waals surface area (Å²) >= 11 is 0. The lowest BCUT2D eigenvalue weighted by atomic mass is 10.00. The lowest BCUT2D eigenvalue weighted by Crippen LogP contribution is -2.52. The smallest absolute Gasteiger partial charge is 0.251 e. The highest BCUT2D eigenvalue weighted by atomic mass is 19.1. The number of rotatable bonds is 5. The van der Waals surface area contributed by atoms with Crippen molar-refractivity contribution < 1.29 is 9.18 Å². The molecule has 1 atom stereocenters. The Kier molecular flexibility index (Phi) is 4.72. The Balaban J connectivity index is 1.47. The van der Waals surface area contributed by atoms with E-state index in [1.54, 1.807) is 6.33 Å². The van der Waals surface area contributed by atoms with Crippen LogP contribution in [0.25, 0.3) is 11.0 Å². The summed E-state index contributed by atoms with van der Waals surface area (Å²) in [6.07, 6.45) is 5.14. The van der Waals surface area contributed by atoms with Crippen LogP contribution in [0.4, 0.5) is 10.2 Å². The third kappa shape index (κ3) is 3.43. The number of nitrogens with one attached hydrogen (secondary N) is 2. The zero-order chi connectivity index (χ0) is 19.7. The van der Waals surface area contributed by atoms with Gasteiger partial charge in [-0.1, -0.05) is 6.92 Å². The minimum atomic E-state index is -0.560. The van der Waals surface area contributed by atoms with Crippen molar-refractivity contribution in [3.63, 3.8) is 0 Å². The standard InChI is InChI=1S/C20H23FN6O/c1-2-13-9-23-17-16(13)18(26-12-25-17)27-8-7-20(22,11-27)10-24-19(28)14-3-5-15(21)6-4-14/h3-6,9,12H,2,7-8,10-11,22H2,1H3,(H,24,28)(H,23,25,26)/t20-/m0/s1. The number of H-pyrrole nitrogens is 1. The molecule has 7 nitrogen and oxygen atoms in total. The summed E-state index contributed by atoms with van der Waals surface area (Å²) in [4.78, 5) is 26.5. The minimum absolute atomic E-state index is 0.258. The molecule has 4 N–H and O–H groups in total. The molecule has 3 heterocycles. The number of hydrogen-bond donors (Lipinski definition) is 3. The van der Waals surface area contributed by atoms with Gasteiger partial charge >= 0.3 is 0 Å². The summed E-state index contributed by atoms with van der Waals surface area (Å²) < 4.78 is 13.0. The Morgan fingerprint density at radius 3 is 2.89 bits per heavy atom. The average Bonchev–Trinajstić information content (AvgIpc) is 3.30. The molecule has 2 aromatic heterocycles. The van der Waals surface area contributed by atoms with Gasteiger partial charge < -0.3 is 20.9 Å². The molecule has 3 aromatic rings. The van der Waals surface area contributed by atoms with Gasteiger partial charge in [0.2, 0.25) is 0 Å². The van der Waals surface area contributed by atoms with Crippen molar-refractivity contribution in [1.29, 1.82) is 0 Å². The molecule has 0 spiro atoms. The fourth-order valence-electron chi connectivity index (χ4n) is 3.71. The van der Waals surface area contributed by atoms with E-state index in [1.165, 1.54) is 29.8 Å². The van der Waals surface area contributed by atoms with Crippen LogP contribution in [0.2, 0.25) is 0 Å². The summed E-state index contributed by atoms with van der Waals surface area (Å²) in [5, 5.41) is 3.91. The third-order valence-electron chi connectivity index (χ3n) is 5.30. The summed E-state index contributed by atoms with van der Waals surface area (Å²) in [5.41, 5.74) is 8.41. The Morgan fingerprint density at radius 1 is 1.36 bits per heavy atom. The maximum absolute atomic E-state index is 13.0. The molecular formula is C20H23FN6O. The van der Waals surface area contributed by atoms with Crippen molar-refractivity contribution >= 4 is 22.8 Å². The molecule has 146 valence electrons. The first-order valence-corrected chi connectivity index (χ1v) is 9.38. The van der Waals surface area contributed by atoms with Gasteiger partial charge in [0.05, 0.1) is 10.9 Å². The number of fused-ring (bicyclic) bond motifs is 1. The number of amides is 1. The second-order valence-electron chi connectivity index (χ2n) is 7.31. The zero-order valence-corrected chi connectivity index (χ0v) is 15.7. The van der Waals surface area contributed by atoms with Gasteiger partial charge in [-0.3, -0.25) is 4.79 Å². The summed E-state index contributed by atoms with van der Waals surface area (Å²) in [7, 11) is 0. The number of carbonyl (C=O) groups excluding carboxylic acids is 1. The maximum atomic E-state index is 13.0. The van der Waals surface area contributed by atoms with E-state index < -0.39 is 5.54 Å². The number of carbonyl (C=O) groups is 1. The Bertz CT molecular complexity index is 1000. The van der Waals surface area contributed by atoms with E-state index >= 15 is 0 Å². The van der Waals surface area contributed by atoms with Crippen LogP contribution in [0.3, 0.4) is 0 Å². The monoisotopic (exact) mass is 382 g/mol. The van der Waals surface area contributed by atoms with Crippen molar-refractivity contribution in [1.82, 2.24) is 20.3 Å². The van der Waals surface area contributed by atoms with Crippen LogP contribution < -0.4 is 16.0 Å². The lowest BCUT2D eigenvalue weighted by Gasteiger charge is -2.25. The normalized spacial score (nSPS) is 19.3. The Labute approximate surface area is 162 Å². The average molecular weight is 382 g/mol. The molecule has 0 radical (unpaired) electrons. The van der Waals surface area contributed by atoms with Crippen molar-refractivity contribution in [2.24, 2.45) is 5.73 Å². The molecule has 0 aliphatic carbocycles. The molecule has 1 amide bonds. The van der Waals surface area contributed by atoms with Crippen LogP contribution >= 0.6 is 0 Å². The number of aromatic nitrogens is 3. The predicted octanol–water partition coefficient (Wildman–Crippen LogP) is 2.00. The number of benzene rings is 1. The molecular weight excluding hydrogens is 359 g/mol. The SMILES string of the molecule is CCc1c[nH]c2ncnc(N3CC[C@](N)(CNC(=O)c4ccc(F)cc4)C3)c12. The molecule has 0 saturated carbocycles. The van der Waals surface area contributed by atoms with Crippen LogP contribution in [0, 0.1) is 5.82 Å². The lowest BCUT2D eigenvalue weighted by molar-refractivity contribution is 0.0945. The van der Waals surface area contributed by atoms with Gasteiger partial charge in [-0.2, -0.15) is 0 Å². The Hall–Kier alpha value is -3.00. The van der Waals surface area contributed by atoms with E-state index in [0.29, 0.717) is 18.7 Å².